The minimum atomic E-state index is -1.26. The Kier molecular flexibility index (Phi) is 13.5. The summed E-state index contributed by atoms with van der Waals surface area (Å²) in [6.07, 6.45) is 3.88. The number of benzene rings is 1. The lowest BCUT2D eigenvalue weighted by atomic mass is 9.88. The lowest BCUT2D eigenvalue weighted by Crippen LogP contribution is -2.67. The normalized spacial score (nSPS) is 21.0. The molecule has 0 spiro atoms. The second-order valence-electron chi connectivity index (χ2n) is 12.6. The highest BCUT2D eigenvalue weighted by atomic mass is 35.5. The SMILES string of the molecule is CC(C)CC(CC(C)C)NC(=O)[C@@H]1CNC[C@H](N2CC(=O)N(c3ccccc3Cl)CC2(C)C)C1.O=C(O)/C=C/C(=O)O. The Labute approximate surface area is 254 Å². The minimum absolute atomic E-state index is 0.0490. The summed E-state index contributed by atoms with van der Waals surface area (Å²) in [5.41, 5.74) is 0.526. The zero-order chi connectivity index (χ0) is 31.6. The van der Waals surface area contributed by atoms with Gasteiger partial charge in [-0.2, -0.15) is 0 Å². The van der Waals surface area contributed by atoms with E-state index in [9.17, 15) is 19.2 Å². The monoisotopic (exact) mass is 606 g/mol. The number of rotatable bonds is 10. The fourth-order valence-corrected chi connectivity index (χ4v) is 5.93. The number of piperazine rings is 1. The van der Waals surface area contributed by atoms with E-state index in [1.54, 1.807) is 0 Å². The molecule has 2 saturated heterocycles. The van der Waals surface area contributed by atoms with Crippen LogP contribution in [0.25, 0.3) is 0 Å². The molecule has 3 rings (SSSR count). The number of anilines is 1. The first-order chi connectivity index (χ1) is 19.6. The van der Waals surface area contributed by atoms with Crippen LogP contribution in [-0.2, 0) is 19.2 Å². The van der Waals surface area contributed by atoms with E-state index in [0.717, 1.165) is 31.5 Å². The van der Waals surface area contributed by atoms with Gasteiger partial charge in [0.05, 0.1) is 23.2 Å². The number of carboxylic acid groups (broad SMARTS) is 2. The van der Waals surface area contributed by atoms with Gasteiger partial charge in [-0.25, -0.2) is 9.59 Å². The van der Waals surface area contributed by atoms with E-state index in [0.29, 0.717) is 48.6 Å². The minimum Gasteiger partial charge on any atom is -0.478 e. The summed E-state index contributed by atoms with van der Waals surface area (Å²) in [6.45, 7) is 15.5. The van der Waals surface area contributed by atoms with Gasteiger partial charge >= 0.3 is 11.9 Å². The number of piperidine rings is 1. The molecule has 4 N–H and O–H groups in total. The maximum absolute atomic E-state index is 13.2. The van der Waals surface area contributed by atoms with E-state index in [1.807, 2.05) is 29.2 Å². The van der Waals surface area contributed by atoms with Crippen LogP contribution in [0.15, 0.2) is 36.4 Å². The molecule has 0 bridgehead atoms. The summed E-state index contributed by atoms with van der Waals surface area (Å²) in [4.78, 5) is 49.6. The average molecular weight is 607 g/mol. The first kappa shape index (κ1) is 35.2. The van der Waals surface area contributed by atoms with Crippen molar-refractivity contribution in [3.63, 3.8) is 0 Å². The molecule has 42 heavy (non-hydrogen) atoms. The molecular weight excluding hydrogens is 560 g/mol. The molecule has 0 radical (unpaired) electrons. The van der Waals surface area contributed by atoms with E-state index in [-0.39, 0.29) is 35.4 Å². The maximum Gasteiger partial charge on any atom is 0.328 e. The number of halogens is 1. The molecule has 0 unspecified atom stereocenters. The van der Waals surface area contributed by atoms with Crippen LogP contribution in [0.3, 0.4) is 0 Å². The molecule has 11 heteroatoms. The smallest absolute Gasteiger partial charge is 0.328 e. The van der Waals surface area contributed by atoms with Gasteiger partial charge in [-0.1, -0.05) is 51.4 Å². The van der Waals surface area contributed by atoms with Crippen LogP contribution in [-0.4, -0.2) is 82.7 Å². The summed E-state index contributed by atoms with van der Waals surface area (Å²) >= 11 is 6.40. The molecule has 1 aromatic rings. The van der Waals surface area contributed by atoms with Gasteiger partial charge in [0, 0.05) is 49.4 Å². The molecule has 2 fully saturated rings. The van der Waals surface area contributed by atoms with Crippen molar-refractivity contribution < 1.29 is 29.4 Å². The van der Waals surface area contributed by atoms with Gasteiger partial charge in [0.25, 0.3) is 0 Å². The number of carboxylic acids is 2. The molecule has 2 amide bonds. The number of carbonyl (C=O) groups is 4. The summed E-state index contributed by atoms with van der Waals surface area (Å²) in [7, 11) is 0. The van der Waals surface area contributed by atoms with Crippen molar-refractivity contribution in [2.45, 2.75) is 78.4 Å². The molecule has 2 heterocycles. The van der Waals surface area contributed by atoms with Crippen LogP contribution in [0, 0.1) is 17.8 Å². The number of nitrogens with one attached hydrogen (secondary N) is 2. The van der Waals surface area contributed by atoms with Gasteiger partial charge in [-0.15, -0.1) is 0 Å². The van der Waals surface area contributed by atoms with E-state index in [1.165, 1.54) is 0 Å². The third-order valence-corrected chi connectivity index (χ3v) is 7.76. The molecule has 0 saturated carbocycles. The third-order valence-electron chi connectivity index (χ3n) is 7.44. The molecule has 0 aromatic heterocycles. The molecule has 10 nitrogen and oxygen atoms in total. The van der Waals surface area contributed by atoms with Gasteiger partial charge in [-0.05, 0) is 57.1 Å². The number of amides is 2. The Bertz CT molecular complexity index is 1100. The predicted molar refractivity (Wildman–Crippen MR) is 165 cm³/mol. The van der Waals surface area contributed by atoms with Gasteiger partial charge in [-0.3, -0.25) is 14.5 Å². The molecule has 2 aliphatic rings. The lowest BCUT2D eigenvalue weighted by Gasteiger charge is -2.51. The van der Waals surface area contributed by atoms with Crippen molar-refractivity contribution in [1.29, 1.82) is 0 Å². The summed E-state index contributed by atoms with van der Waals surface area (Å²) in [5, 5.41) is 23.0. The molecule has 2 aliphatic heterocycles. The summed E-state index contributed by atoms with van der Waals surface area (Å²) < 4.78 is 0. The summed E-state index contributed by atoms with van der Waals surface area (Å²) in [6, 6.07) is 7.86. The van der Waals surface area contributed by atoms with Crippen LogP contribution < -0.4 is 15.5 Å². The molecular formula is C31H47ClN4O6. The first-order valence-electron chi connectivity index (χ1n) is 14.6. The topological polar surface area (TPSA) is 139 Å². The third kappa shape index (κ3) is 11.0. The Morgan fingerprint density at radius 1 is 1.05 bits per heavy atom. The number of para-hydroxylation sites is 1. The van der Waals surface area contributed by atoms with Crippen LogP contribution in [0.4, 0.5) is 5.69 Å². The van der Waals surface area contributed by atoms with Crippen molar-refractivity contribution in [3.8, 4) is 0 Å². The quantitative estimate of drug-likeness (QED) is 0.293. The second-order valence-corrected chi connectivity index (χ2v) is 13.0. The van der Waals surface area contributed by atoms with Crippen LogP contribution >= 0.6 is 11.6 Å². The first-order valence-corrected chi connectivity index (χ1v) is 14.9. The van der Waals surface area contributed by atoms with Crippen molar-refractivity contribution >= 4 is 41.0 Å². The molecule has 0 aliphatic carbocycles. The largest absolute Gasteiger partial charge is 0.478 e. The Morgan fingerprint density at radius 2 is 1.62 bits per heavy atom. The molecule has 2 atom stereocenters. The number of aliphatic carboxylic acids is 2. The van der Waals surface area contributed by atoms with E-state index in [2.05, 4.69) is 57.1 Å². The lowest BCUT2D eigenvalue weighted by molar-refractivity contribution is -0.134. The fourth-order valence-electron chi connectivity index (χ4n) is 5.69. The zero-order valence-corrected chi connectivity index (χ0v) is 26.4. The van der Waals surface area contributed by atoms with Crippen molar-refractivity contribution in [2.75, 3.05) is 31.1 Å². The van der Waals surface area contributed by atoms with Gasteiger partial charge in [0.15, 0.2) is 0 Å². The van der Waals surface area contributed by atoms with E-state index < -0.39 is 11.9 Å². The maximum atomic E-state index is 13.2. The van der Waals surface area contributed by atoms with Gasteiger partial charge < -0.3 is 25.7 Å². The van der Waals surface area contributed by atoms with Crippen molar-refractivity contribution in [1.82, 2.24) is 15.5 Å². The van der Waals surface area contributed by atoms with Crippen molar-refractivity contribution in [3.05, 3.63) is 41.4 Å². The van der Waals surface area contributed by atoms with E-state index in [4.69, 9.17) is 21.8 Å². The fraction of sp³-hybridized carbons (Fsp3) is 0.613. The Morgan fingerprint density at radius 3 is 2.14 bits per heavy atom. The summed E-state index contributed by atoms with van der Waals surface area (Å²) in [5.74, 6) is -1.33. The highest BCUT2D eigenvalue weighted by Gasteiger charge is 2.44. The highest BCUT2D eigenvalue weighted by Crippen LogP contribution is 2.33. The van der Waals surface area contributed by atoms with E-state index >= 15 is 0 Å². The number of hydrogen-bond donors (Lipinski definition) is 4. The number of hydrogen-bond acceptors (Lipinski definition) is 6. The Balaban J connectivity index is 0.000000675. The highest BCUT2D eigenvalue weighted by molar-refractivity contribution is 6.33. The predicted octanol–water partition coefficient (Wildman–Crippen LogP) is 4.03. The second kappa shape index (κ2) is 16.0. The molecule has 1 aromatic carbocycles. The van der Waals surface area contributed by atoms with Gasteiger partial charge in [0.2, 0.25) is 11.8 Å². The van der Waals surface area contributed by atoms with Gasteiger partial charge in [0.1, 0.15) is 0 Å². The number of nitrogens with zero attached hydrogens (tertiary/aromatic N) is 2. The number of carbonyl (C=O) groups excluding carboxylic acids is 2. The van der Waals surface area contributed by atoms with Crippen LogP contribution in [0.5, 0.6) is 0 Å². The zero-order valence-electron chi connectivity index (χ0n) is 25.6. The molecule has 234 valence electrons. The standard InChI is InChI=1S/C27H43ClN4O2.C4H4O4/c1-18(2)11-21(12-19(3)4)30-26(34)20-13-22(15-29-14-20)32-16-25(33)31(17-27(32,5)6)24-10-8-7-9-23(24)28;5-3(6)1-2-4(7)8/h7-10,18-22,29H,11-17H2,1-6H3,(H,30,34);1-2H,(H,5,6)(H,7,8)/b;2-1+/t20-,22+;/m0./s1. The van der Waals surface area contributed by atoms with Crippen LogP contribution in [0.2, 0.25) is 5.02 Å². The van der Waals surface area contributed by atoms with Crippen molar-refractivity contribution in [2.24, 2.45) is 17.8 Å². The Hall–Kier alpha value is -2.95. The van der Waals surface area contributed by atoms with Crippen LogP contribution in [0.1, 0.15) is 60.8 Å². The average Bonchev–Trinajstić information content (AvgIpc) is 2.88.